The number of aliphatic hydroxyl groups is 2. The summed E-state index contributed by atoms with van der Waals surface area (Å²) in [5.41, 5.74) is 0. The van der Waals surface area contributed by atoms with Crippen LogP contribution in [0.2, 0.25) is 0 Å². The van der Waals surface area contributed by atoms with Gasteiger partial charge in [-0.25, -0.2) is 8.78 Å². The van der Waals surface area contributed by atoms with Crippen molar-refractivity contribution in [1.82, 2.24) is 5.32 Å². The van der Waals surface area contributed by atoms with Gasteiger partial charge in [0.15, 0.2) is 0 Å². The predicted octanol–water partition coefficient (Wildman–Crippen LogP) is 0.643. The molecule has 0 heterocycles. The Morgan fingerprint density at radius 3 is 2.56 bits per heavy atom. The zero-order valence-electron chi connectivity index (χ0n) is 9.85. The van der Waals surface area contributed by atoms with Gasteiger partial charge in [0.2, 0.25) is 0 Å². The highest BCUT2D eigenvalue weighted by molar-refractivity contribution is 5.20. The number of alkyl halides is 2. The number of aliphatic hydroxyl groups excluding tert-OH is 2. The Morgan fingerprint density at radius 2 is 1.94 bits per heavy atom. The van der Waals surface area contributed by atoms with Gasteiger partial charge in [-0.05, 0) is 12.1 Å². The van der Waals surface area contributed by atoms with E-state index in [9.17, 15) is 13.9 Å². The Balaban J connectivity index is 2.16. The van der Waals surface area contributed by atoms with Gasteiger partial charge in [0.1, 0.15) is 25.1 Å². The van der Waals surface area contributed by atoms with Crippen molar-refractivity contribution in [3.8, 4) is 5.75 Å². The molecule has 0 aliphatic rings. The Bertz CT molecular complexity index is 335. The number of benzene rings is 1. The molecule has 0 saturated heterocycles. The highest BCUT2D eigenvalue weighted by Gasteiger charge is 2.27. The molecule has 1 unspecified atom stereocenters. The Labute approximate surface area is 104 Å². The molecule has 0 bridgehead atoms. The molecule has 1 rings (SSSR count). The number of nitrogens with one attached hydrogen (secondary N) is 1. The fraction of sp³-hybridized carbons (Fsp3) is 0.500. The average Bonchev–Trinajstić information content (AvgIpc) is 2.37. The molecule has 1 aromatic carbocycles. The van der Waals surface area contributed by atoms with Crippen molar-refractivity contribution in [3.63, 3.8) is 0 Å². The minimum atomic E-state index is -3.17. The second kappa shape index (κ2) is 7.25. The molecule has 6 heteroatoms. The van der Waals surface area contributed by atoms with Gasteiger partial charge in [-0.15, -0.1) is 0 Å². The zero-order chi connectivity index (χ0) is 13.4. The summed E-state index contributed by atoms with van der Waals surface area (Å²) in [6.07, 6.45) is -0.889. The maximum atomic E-state index is 12.6. The van der Waals surface area contributed by atoms with Crippen LogP contribution in [0.1, 0.15) is 0 Å². The van der Waals surface area contributed by atoms with Crippen molar-refractivity contribution in [2.75, 3.05) is 26.3 Å². The number of hydrogen-bond acceptors (Lipinski definition) is 4. The van der Waals surface area contributed by atoms with Gasteiger partial charge in [-0.1, -0.05) is 18.2 Å². The van der Waals surface area contributed by atoms with Crippen molar-refractivity contribution < 1.29 is 23.7 Å². The number of ether oxygens (including phenoxy) is 1. The minimum absolute atomic E-state index is 0.0156. The van der Waals surface area contributed by atoms with Crippen LogP contribution in [0.3, 0.4) is 0 Å². The lowest BCUT2D eigenvalue weighted by atomic mass is 10.3. The molecule has 0 aliphatic heterocycles. The van der Waals surface area contributed by atoms with Crippen LogP contribution in [0.5, 0.6) is 5.75 Å². The molecule has 0 saturated carbocycles. The Morgan fingerprint density at radius 1 is 1.28 bits per heavy atom. The monoisotopic (exact) mass is 261 g/mol. The van der Waals surface area contributed by atoms with Crippen molar-refractivity contribution in [2.24, 2.45) is 0 Å². The molecule has 102 valence electrons. The molecule has 1 atom stereocenters. The zero-order valence-corrected chi connectivity index (χ0v) is 9.85. The first-order chi connectivity index (χ1) is 8.53. The van der Waals surface area contributed by atoms with Crippen molar-refractivity contribution in [3.05, 3.63) is 30.3 Å². The molecule has 0 fully saturated rings. The molecule has 0 amide bonds. The second-order valence-electron chi connectivity index (χ2n) is 3.92. The van der Waals surface area contributed by atoms with Crippen LogP contribution in [0.25, 0.3) is 0 Å². The number of para-hydroxylation sites is 1. The Hall–Kier alpha value is -1.24. The standard InChI is InChI=1S/C12H17F2NO3/c13-12(14,9-16)8-15-6-10(17)7-18-11-4-2-1-3-5-11/h1-5,10,15-17H,6-9H2. The van der Waals surface area contributed by atoms with E-state index in [-0.39, 0.29) is 13.2 Å². The Kier molecular flexibility index (Phi) is 5.97. The lowest BCUT2D eigenvalue weighted by molar-refractivity contribution is -0.0493. The van der Waals surface area contributed by atoms with Gasteiger partial charge < -0.3 is 20.3 Å². The predicted molar refractivity (Wildman–Crippen MR) is 62.8 cm³/mol. The van der Waals surface area contributed by atoms with Crippen LogP contribution in [0.15, 0.2) is 30.3 Å². The lowest BCUT2D eigenvalue weighted by Gasteiger charge is -2.16. The highest BCUT2D eigenvalue weighted by Crippen LogP contribution is 2.10. The fourth-order valence-electron chi connectivity index (χ4n) is 1.25. The van der Waals surface area contributed by atoms with E-state index >= 15 is 0 Å². The lowest BCUT2D eigenvalue weighted by Crippen LogP contribution is -2.40. The first kappa shape index (κ1) is 14.8. The van der Waals surface area contributed by atoms with Gasteiger partial charge in [0.05, 0.1) is 6.54 Å². The summed E-state index contributed by atoms with van der Waals surface area (Å²) in [7, 11) is 0. The van der Waals surface area contributed by atoms with E-state index in [2.05, 4.69) is 5.32 Å². The summed E-state index contributed by atoms with van der Waals surface area (Å²) in [5.74, 6) is -2.56. The molecule has 0 spiro atoms. The number of rotatable bonds is 8. The third kappa shape index (κ3) is 5.90. The fourth-order valence-corrected chi connectivity index (χ4v) is 1.25. The molecular formula is C12H17F2NO3. The second-order valence-corrected chi connectivity index (χ2v) is 3.92. The van der Waals surface area contributed by atoms with Crippen LogP contribution in [-0.2, 0) is 0 Å². The van der Waals surface area contributed by atoms with Crippen molar-refractivity contribution >= 4 is 0 Å². The first-order valence-electron chi connectivity index (χ1n) is 5.59. The number of halogens is 2. The summed E-state index contributed by atoms with van der Waals surface area (Å²) in [4.78, 5) is 0. The van der Waals surface area contributed by atoms with E-state index in [1.807, 2.05) is 6.07 Å². The van der Waals surface area contributed by atoms with E-state index in [0.29, 0.717) is 5.75 Å². The third-order valence-corrected chi connectivity index (χ3v) is 2.18. The molecule has 0 aliphatic carbocycles. The smallest absolute Gasteiger partial charge is 0.282 e. The van der Waals surface area contributed by atoms with Gasteiger partial charge in [0.25, 0.3) is 5.92 Å². The molecule has 3 N–H and O–H groups in total. The molecule has 18 heavy (non-hydrogen) atoms. The molecular weight excluding hydrogens is 244 g/mol. The van der Waals surface area contributed by atoms with Gasteiger partial charge >= 0.3 is 0 Å². The quantitative estimate of drug-likeness (QED) is 0.643. The highest BCUT2D eigenvalue weighted by atomic mass is 19.3. The van der Waals surface area contributed by atoms with Crippen LogP contribution in [-0.4, -0.2) is 48.5 Å². The van der Waals surface area contributed by atoms with Crippen molar-refractivity contribution in [2.45, 2.75) is 12.0 Å². The first-order valence-corrected chi connectivity index (χ1v) is 5.59. The van der Waals surface area contributed by atoms with E-state index in [4.69, 9.17) is 9.84 Å². The van der Waals surface area contributed by atoms with Gasteiger partial charge in [-0.2, -0.15) is 0 Å². The van der Waals surface area contributed by atoms with Gasteiger partial charge in [-0.3, -0.25) is 0 Å². The summed E-state index contributed by atoms with van der Waals surface area (Å²) < 4.78 is 30.5. The maximum Gasteiger partial charge on any atom is 0.282 e. The summed E-state index contributed by atoms with van der Waals surface area (Å²) in [6.45, 7) is -1.90. The molecule has 1 aromatic rings. The van der Waals surface area contributed by atoms with E-state index in [0.717, 1.165) is 0 Å². The van der Waals surface area contributed by atoms with E-state index in [1.165, 1.54) is 0 Å². The van der Waals surface area contributed by atoms with Crippen LogP contribution in [0.4, 0.5) is 8.78 Å². The van der Waals surface area contributed by atoms with Gasteiger partial charge in [0, 0.05) is 6.54 Å². The maximum absolute atomic E-state index is 12.6. The number of hydrogen-bond donors (Lipinski definition) is 3. The minimum Gasteiger partial charge on any atom is -0.491 e. The van der Waals surface area contributed by atoms with Crippen LogP contribution in [0, 0.1) is 0 Å². The summed E-state index contributed by atoms with van der Waals surface area (Å²) in [5, 5.41) is 20.2. The largest absolute Gasteiger partial charge is 0.491 e. The summed E-state index contributed by atoms with van der Waals surface area (Å²) in [6, 6.07) is 8.89. The SMILES string of the molecule is OCC(F)(F)CNCC(O)COc1ccccc1. The third-order valence-electron chi connectivity index (χ3n) is 2.18. The average molecular weight is 261 g/mol. The molecule has 4 nitrogen and oxygen atoms in total. The van der Waals surface area contributed by atoms with Crippen molar-refractivity contribution in [1.29, 1.82) is 0 Å². The topological polar surface area (TPSA) is 61.7 Å². The summed E-state index contributed by atoms with van der Waals surface area (Å²) >= 11 is 0. The normalized spacial score (nSPS) is 13.3. The van der Waals surface area contributed by atoms with E-state index in [1.54, 1.807) is 24.3 Å². The van der Waals surface area contributed by atoms with E-state index < -0.39 is 25.2 Å². The molecule has 0 aromatic heterocycles. The molecule has 0 radical (unpaired) electrons. The van der Waals surface area contributed by atoms with Crippen LogP contribution < -0.4 is 10.1 Å². The van der Waals surface area contributed by atoms with Crippen LogP contribution >= 0.6 is 0 Å².